The number of hydrogen-bond acceptors (Lipinski definition) is 6. The maximum Gasteiger partial charge on any atom is 0.187 e. The quantitative estimate of drug-likeness (QED) is 0.0426. The molecule has 0 bridgehead atoms. The second-order valence-electron chi connectivity index (χ2n) is 14.2. The first-order valence-electron chi connectivity index (χ1n) is 21.0. The maximum absolute atomic E-state index is 12.9. The van der Waals surface area contributed by atoms with Crippen molar-refractivity contribution in [2.24, 2.45) is 0 Å². The molecule has 0 radical (unpaired) electrons. The summed E-state index contributed by atoms with van der Waals surface area (Å²) < 4.78 is 12.0. The zero-order chi connectivity index (χ0) is 37.3. The fourth-order valence-electron chi connectivity index (χ4n) is 6.12. The van der Waals surface area contributed by atoms with Gasteiger partial charge < -0.3 is 20.1 Å². The Morgan fingerprint density at radius 1 is 0.500 bits per heavy atom. The van der Waals surface area contributed by atoms with Gasteiger partial charge in [-0.25, -0.2) is 0 Å². The summed E-state index contributed by atoms with van der Waals surface area (Å²) in [6.07, 6.45) is 34.2. The van der Waals surface area contributed by atoms with E-state index in [0.29, 0.717) is 25.2 Å². The SMILES string of the molecule is CCCCCCCCCCCOc1ccc(C(=O)/C=C/Nc2ccc(OCCCCCCCC)cc2N/C=C/C(=O)CCCCCCCCC)cc1. The van der Waals surface area contributed by atoms with Crippen LogP contribution in [0, 0.1) is 0 Å². The molecular weight excluding hydrogens is 645 g/mol. The molecule has 0 fully saturated rings. The van der Waals surface area contributed by atoms with Gasteiger partial charge in [-0.1, -0.05) is 143 Å². The first-order chi connectivity index (χ1) is 25.6. The van der Waals surface area contributed by atoms with Crippen molar-refractivity contribution in [3.8, 4) is 11.5 Å². The molecule has 52 heavy (non-hydrogen) atoms. The summed E-state index contributed by atoms with van der Waals surface area (Å²) >= 11 is 0. The molecular formula is C46H72N2O4. The van der Waals surface area contributed by atoms with Crippen molar-refractivity contribution >= 4 is 22.9 Å². The molecule has 290 valence electrons. The van der Waals surface area contributed by atoms with Crippen molar-refractivity contribution in [2.45, 2.75) is 168 Å². The Morgan fingerprint density at radius 3 is 1.50 bits per heavy atom. The van der Waals surface area contributed by atoms with Gasteiger partial charge >= 0.3 is 0 Å². The smallest absolute Gasteiger partial charge is 0.187 e. The second kappa shape index (κ2) is 31.0. The highest BCUT2D eigenvalue weighted by Gasteiger charge is 2.06. The van der Waals surface area contributed by atoms with Crippen LogP contribution in [0.5, 0.6) is 11.5 Å². The molecule has 0 saturated heterocycles. The number of ketones is 2. The minimum atomic E-state index is -0.0951. The van der Waals surface area contributed by atoms with Gasteiger partial charge in [-0.05, 0) is 61.7 Å². The van der Waals surface area contributed by atoms with E-state index in [9.17, 15) is 9.59 Å². The van der Waals surface area contributed by atoms with Crippen LogP contribution in [0.4, 0.5) is 11.4 Å². The highest BCUT2D eigenvalue weighted by Crippen LogP contribution is 2.28. The lowest BCUT2D eigenvalue weighted by molar-refractivity contribution is -0.114. The van der Waals surface area contributed by atoms with E-state index in [1.54, 1.807) is 18.5 Å². The minimum Gasteiger partial charge on any atom is -0.494 e. The van der Waals surface area contributed by atoms with E-state index in [0.717, 1.165) is 48.6 Å². The van der Waals surface area contributed by atoms with Crippen molar-refractivity contribution in [3.05, 3.63) is 72.6 Å². The third-order valence-electron chi connectivity index (χ3n) is 9.42. The van der Waals surface area contributed by atoms with E-state index in [2.05, 4.69) is 31.4 Å². The van der Waals surface area contributed by atoms with Crippen molar-refractivity contribution in [1.29, 1.82) is 0 Å². The summed E-state index contributed by atoms with van der Waals surface area (Å²) in [5.41, 5.74) is 2.15. The van der Waals surface area contributed by atoms with Crippen LogP contribution in [0.2, 0.25) is 0 Å². The lowest BCUT2D eigenvalue weighted by atomic mass is 10.1. The zero-order valence-electron chi connectivity index (χ0n) is 33.2. The number of nitrogens with one attached hydrogen (secondary N) is 2. The topological polar surface area (TPSA) is 76.7 Å². The number of carbonyl (C=O) groups is 2. The van der Waals surface area contributed by atoms with Crippen LogP contribution in [-0.4, -0.2) is 24.8 Å². The first kappa shape index (κ1) is 44.6. The monoisotopic (exact) mass is 717 g/mol. The van der Waals surface area contributed by atoms with E-state index in [1.165, 1.54) is 122 Å². The molecule has 0 aliphatic heterocycles. The number of anilines is 2. The van der Waals surface area contributed by atoms with Gasteiger partial charge in [0.25, 0.3) is 0 Å². The van der Waals surface area contributed by atoms with Crippen molar-refractivity contribution < 1.29 is 19.1 Å². The molecule has 0 saturated carbocycles. The maximum atomic E-state index is 12.9. The Morgan fingerprint density at radius 2 is 0.942 bits per heavy atom. The van der Waals surface area contributed by atoms with Crippen LogP contribution in [-0.2, 0) is 4.79 Å². The number of carbonyl (C=O) groups excluding carboxylic acids is 2. The molecule has 2 N–H and O–H groups in total. The fraction of sp³-hybridized carbons (Fsp3) is 0.609. The highest BCUT2D eigenvalue weighted by atomic mass is 16.5. The molecule has 0 atom stereocenters. The molecule has 6 heteroatoms. The molecule has 2 aromatic rings. The lowest BCUT2D eigenvalue weighted by Gasteiger charge is -2.13. The van der Waals surface area contributed by atoms with Crippen molar-refractivity contribution in [3.63, 3.8) is 0 Å². The van der Waals surface area contributed by atoms with Gasteiger partial charge in [-0.3, -0.25) is 9.59 Å². The Kier molecular flexibility index (Phi) is 26.6. The molecule has 0 aliphatic carbocycles. The van der Waals surface area contributed by atoms with E-state index >= 15 is 0 Å². The lowest BCUT2D eigenvalue weighted by Crippen LogP contribution is -2.02. The summed E-state index contributed by atoms with van der Waals surface area (Å²) in [7, 11) is 0. The predicted octanol–water partition coefficient (Wildman–Crippen LogP) is 13.8. The average Bonchev–Trinajstić information content (AvgIpc) is 3.15. The summed E-state index contributed by atoms with van der Waals surface area (Å²) in [5, 5.41) is 6.52. The van der Waals surface area contributed by atoms with Crippen molar-refractivity contribution in [2.75, 3.05) is 23.8 Å². The summed E-state index contributed by atoms with van der Waals surface area (Å²) in [6, 6.07) is 13.2. The van der Waals surface area contributed by atoms with Gasteiger partial charge in [0, 0.05) is 36.5 Å². The van der Waals surface area contributed by atoms with Crippen LogP contribution >= 0.6 is 0 Å². The summed E-state index contributed by atoms with van der Waals surface area (Å²) in [4.78, 5) is 25.4. The zero-order valence-corrected chi connectivity index (χ0v) is 33.2. The normalized spacial score (nSPS) is 11.4. The number of ether oxygens (including phenoxy) is 2. The molecule has 6 nitrogen and oxygen atoms in total. The third-order valence-corrected chi connectivity index (χ3v) is 9.42. The van der Waals surface area contributed by atoms with Gasteiger partial charge in [0.15, 0.2) is 11.6 Å². The van der Waals surface area contributed by atoms with Crippen LogP contribution in [0.1, 0.15) is 179 Å². The highest BCUT2D eigenvalue weighted by molar-refractivity contribution is 6.04. The van der Waals surface area contributed by atoms with Gasteiger partial charge in [0.05, 0.1) is 24.6 Å². The molecule has 0 unspecified atom stereocenters. The molecule has 0 heterocycles. The van der Waals surface area contributed by atoms with Gasteiger partial charge in [-0.2, -0.15) is 0 Å². The molecule has 0 spiro atoms. The Balaban J connectivity index is 1.86. The number of unbranched alkanes of at least 4 members (excludes halogenated alkanes) is 19. The first-order valence-corrected chi connectivity index (χ1v) is 21.0. The molecule has 0 amide bonds. The van der Waals surface area contributed by atoms with Gasteiger partial charge in [0.1, 0.15) is 11.5 Å². The summed E-state index contributed by atoms with van der Waals surface area (Å²) in [6.45, 7) is 8.09. The second-order valence-corrected chi connectivity index (χ2v) is 14.2. The standard InChI is InChI=1S/C46H72N2O4/c1-4-7-10-13-16-17-19-22-24-37-51-42-29-27-40(28-30-42)46(50)34-36-47-44-32-31-43(52-38-25-21-15-12-9-6-3)39-45(44)48-35-33-41(49)26-23-20-18-14-11-8-5-2/h27-36,39,47-48H,4-26,37-38H2,1-3H3/b35-33+,36-34+. The number of rotatable bonds is 34. The van der Waals surface area contributed by atoms with E-state index in [1.807, 2.05) is 42.5 Å². The van der Waals surface area contributed by atoms with E-state index in [-0.39, 0.29) is 11.6 Å². The molecule has 2 rings (SSSR count). The van der Waals surface area contributed by atoms with Crippen molar-refractivity contribution in [1.82, 2.24) is 0 Å². The predicted molar refractivity (Wildman–Crippen MR) is 222 cm³/mol. The van der Waals surface area contributed by atoms with Crippen LogP contribution in [0.25, 0.3) is 0 Å². The van der Waals surface area contributed by atoms with Gasteiger partial charge in [-0.15, -0.1) is 0 Å². The Labute approximate surface area is 317 Å². The Bertz CT molecular complexity index is 1250. The molecule has 0 aliphatic rings. The van der Waals surface area contributed by atoms with Crippen LogP contribution in [0.15, 0.2) is 67.0 Å². The summed E-state index contributed by atoms with van der Waals surface area (Å²) in [5.74, 6) is 1.59. The largest absolute Gasteiger partial charge is 0.494 e. The van der Waals surface area contributed by atoms with Gasteiger partial charge in [0.2, 0.25) is 0 Å². The Hall–Kier alpha value is -3.54. The molecule has 2 aromatic carbocycles. The van der Waals surface area contributed by atoms with E-state index < -0.39 is 0 Å². The third kappa shape index (κ3) is 22.4. The van der Waals surface area contributed by atoms with Crippen LogP contribution in [0.3, 0.4) is 0 Å². The number of allylic oxidation sites excluding steroid dienone is 2. The number of benzene rings is 2. The molecule has 0 aromatic heterocycles. The van der Waals surface area contributed by atoms with E-state index in [4.69, 9.17) is 9.47 Å². The minimum absolute atomic E-state index is 0.0951. The number of hydrogen-bond donors (Lipinski definition) is 2. The fourth-order valence-corrected chi connectivity index (χ4v) is 6.12. The van der Waals surface area contributed by atoms with Crippen LogP contribution < -0.4 is 20.1 Å². The average molecular weight is 717 g/mol.